The molecule has 2 aromatic carbocycles. The number of hydrogen-bond acceptors (Lipinski definition) is 8. The van der Waals surface area contributed by atoms with E-state index < -0.39 is 29.3 Å². The Morgan fingerprint density at radius 2 is 1.70 bits per heavy atom. The molecule has 3 amide bonds. The van der Waals surface area contributed by atoms with E-state index >= 15 is 0 Å². The maximum atomic E-state index is 14.1. The monoisotopic (exact) mass is 523 g/mol. The predicted octanol–water partition coefficient (Wildman–Crippen LogP) is 3.21. The van der Waals surface area contributed by atoms with Crippen LogP contribution in [-0.4, -0.2) is 40.8 Å². The number of nitrogens with zero attached hydrogens (tertiary/aromatic N) is 2. The minimum absolute atomic E-state index is 0.00985. The Morgan fingerprint density at radius 1 is 1.05 bits per heavy atom. The number of nitrogens with one attached hydrogen (secondary N) is 1. The Kier molecular flexibility index (Phi) is 7.08. The first-order chi connectivity index (χ1) is 17.5. The van der Waals surface area contributed by atoms with Gasteiger partial charge in [0.05, 0.1) is 5.69 Å². The van der Waals surface area contributed by atoms with Crippen molar-refractivity contribution >= 4 is 40.6 Å². The number of carbonyl (C=O) groups excluding carboxylic acids is 3. The molecular formula is C26H29N5O5S. The van der Waals surface area contributed by atoms with Gasteiger partial charge in [0, 0.05) is 17.3 Å². The molecule has 5 N–H and O–H groups in total. The molecular weight excluding hydrogens is 494 g/mol. The van der Waals surface area contributed by atoms with Gasteiger partial charge in [-0.1, -0.05) is 29.8 Å². The highest BCUT2D eigenvalue weighted by molar-refractivity contribution is 7.09. The summed E-state index contributed by atoms with van der Waals surface area (Å²) in [4.78, 5) is 41.0. The molecule has 11 heteroatoms. The minimum atomic E-state index is -1.09. The van der Waals surface area contributed by atoms with E-state index in [1.165, 1.54) is 4.90 Å². The van der Waals surface area contributed by atoms with Gasteiger partial charge in [0.2, 0.25) is 5.91 Å². The number of aryl methyl sites for hydroxylation is 1. The third kappa shape index (κ3) is 5.51. The third-order valence-electron chi connectivity index (χ3n) is 5.58. The number of aromatic nitrogens is 1. The number of primary amides is 1. The van der Waals surface area contributed by atoms with E-state index in [4.69, 9.17) is 20.9 Å². The fourth-order valence-corrected chi connectivity index (χ4v) is 4.65. The third-order valence-corrected chi connectivity index (χ3v) is 6.43. The maximum Gasteiger partial charge on any atom is 0.273 e. The largest absolute Gasteiger partial charge is 0.486 e. The average Bonchev–Trinajstić information content (AvgIpc) is 3.23. The van der Waals surface area contributed by atoms with Crippen LogP contribution in [0.25, 0.3) is 0 Å². The number of amides is 3. The van der Waals surface area contributed by atoms with Gasteiger partial charge in [-0.05, 0) is 56.9 Å². The van der Waals surface area contributed by atoms with Gasteiger partial charge < -0.3 is 26.3 Å². The fourth-order valence-electron chi connectivity index (χ4n) is 3.91. The summed E-state index contributed by atoms with van der Waals surface area (Å²) in [6.07, 6.45) is 0. The van der Waals surface area contributed by atoms with E-state index in [-0.39, 0.29) is 16.3 Å². The molecule has 0 spiro atoms. The lowest BCUT2D eigenvalue weighted by atomic mass is 9.99. The van der Waals surface area contributed by atoms with Gasteiger partial charge in [-0.2, -0.15) is 4.37 Å². The molecule has 2 heterocycles. The fraction of sp³-hybridized carbons (Fsp3) is 0.308. The van der Waals surface area contributed by atoms with E-state index in [0.29, 0.717) is 36.0 Å². The van der Waals surface area contributed by atoms with Crippen molar-refractivity contribution in [2.24, 2.45) is 5.73 Å². The van der Waals surface area contributed by atoms with E-state index in [1.54, 1.807) is 30.3 Å². The summed E-state index contributed by atoms with van der Waals surface area (Å²) in [6, 6.07) is 11.2. The Morgan fingerprint density at radius 3 is 2.30 bits per heavy atom. The molecule has 3 aromatic rings. The highest BCUT2D eigenvalue weighted by atomic mass is 32.1. The Balaban J connectivity index is 1.91. The van der Waals surface area contributed by atoms with Crippen LogP contribution in [0.5, 0.6) is 11.5 Å². The number of nitrogens with two attached hydrogens (primary N) is 2. The second kappa shape index (κ2) is 10.1. The summed E-state index contributed by atoms with van der Waals surface area (Å²) in [5.74, 6) is -0.900. The molecule has 0 radical (unpaired) electrons. The number of benzene rings is 2. The molecule has 1 aliphatic rings. The Hall–Kier alpha value is -4.12. The predicted molar refractivity (Wildman–Crippen MR) is 141 cm³/mol. The summed E-state index contributed by atoms with van der Waals surface area (Å²) < 4.78 is 15.4. The number of carbonyl (C=O) groups is 3. The number of hydrogen-bond donors (Lipinski definition) is 3. The molecule has 0 unspecified atom stereocenters. The first kappa shape index (κ1) is 26.0. The second-order valence-corrected chi connectivity index (χ2v) is 10.5. The molecule has 0 aliphatic carbocycles. The summed E-state index contributed by atoms with van der Waals surface area (Å²) in [5, 5.41) is 2.98. The van der Waals surface area contributed by atoms with Crippen molar-refractivity contribution < 1.29 is 23.9 Å². The van der Waals surface area contributed by atoms with Gasteiger partial charge in [-0.3, -0.25) is 19.3 Å². The van der Waals surface area contributed by atoms with Crippen molar-refractivity contribution in [3.05, 3.63) is 64.2 Å². The number of fused-ring (bicyclic) bond motifs is 1. The van der Waals surface area contributed by atoms with Crippen molar-refractivity contribution in [2.45, 2.75) is 39.3 Å². The van der Waals surface area contributed by atoms with Gasteiger partial charge >= 0.3 is 0 Å². The zero-order chi connectivity index (χ0) is 26.9. The average molecular weight is 524 g/mol. The number of rotatable bonds is 6. The molecule has 0 saturated carbocycles. The van der Waals surface area contributed by atoms with Crippen LogP contribution in [-0.2, 0) is 4.79 Å². The molecule has 37 heavy (non-hydrogen) atoms. The summed E-state index contributed by atoms with van der Waals surface area (Å²) in [5.41, 5.74) is 12.5. The summed E-state index contributed by atoms with van der Waals surface area (Å²) in [7, 11) is 0. The van der Waals surface area contributed by atoms with Crippen LogP contribution in [0, 0.1) is 6.92 Å². The molecule has 1 aromatic heterocycles. The maximum absolute atomic E-state index is 14.1. The standard InChI is InChI=1S/C26H29N5O5S/c1-14-5-7-15(8-6-14)21(24(33)29-26(2,3)4)31(16-9-10-17-18(13-16)36-12-11-35-17)25(34)22-19(27)20(23(28)32)30-37-22/h5-10,13,21H,11-12,27H2,1-4H3,(H2,28,32)(H,29,33)/t21-/m1/s1. The number of anilines is 2. The lowest BCUT2D eigenvalue weighted by Gasteiger charge is -2.34. The SMILES string of the molecule is Cc1ccc([C@H](C(=O)NC(C)(C)C)N(C(=O)c2snc(C(N)=O)c2N)c2ccc3c(c2)OCCO3)cc1. The van der Waals surface area contributed by atoms with Crippen LogP contribution in [0.15, 0.2) is 42.5 Å². The van der Waals surface area contributed by atoms with Crippen molar-refractivity contribution in [2.75, 3.05) is 23.8 Å². The highest BCUT2D eigenvalue weighted by Crippen LogP contribution is 2.39. The van der Waals surface area contributed by atoms with Crippen LogP contribution in [0.1, 0.15) is 58.1 Å². The van der Waals surface area contributed by atoms with Crippen molar-refractivity contribution in [3.8, 4) is 11.5 Å². The Bertz CT molecular complexity index is 1350. The summed E-state index contributed by atoms with van der Waals surface area (Å²) in [6.45, 7) is 8.25. The van der Waals surface area contributed by atoms with Crippen molar-refractivity contribution in [3.63, 3.8) is 0 Å². The Labute approximate surface area is 218 Å². The molecule has 1 aliphatic heterocycles. The van der Waals surface area contributed by atoms with Crippen LogP contribution in [0.2, 0.25) is 0 Å². The van der Waals surface area contributed by atoms with Crippen LogP contribution >= 0.6 is 11.5 Å². The molecule has 4 rings (SSSR count). The smallest absolute Gasteiger partial charge is 0.273 e. The van der Waals surface area contributed by atoms with Crippen molar-refractivity contribution in [1.29, 1.82) is 0 Å². The normalized spacial score (nSPS) is 13.5. The van der Waals surface area contributed by atoms with E-state index in [1.807, 2.05) is 39.8 Å². The molecule has 194 valence electrons. The highest BCUT2D eigenvalue weighted by Gasteiger charge is 2.37. The van der Waals surface area contributed by atoms with Crippen molar-refractivity contribution in [1.82, 2.24) is 9.69 Å². The van der Waals surface area contributed by atoms with Crippen LogP contribution in [0.3, 0.4) is 0 Å². The van der Waals surface area contributed by atoms with Crippen LogP contribution < -0.4 is 31.2 Å². The topological polar surface area (TPSA) is 150 Å². The number of ether oxygens (including phenoxy) is 2. The van der Waals surface area contributed by atoms with Gasteiger partial charge in [0.1, 0.15) is 24.1 Å². The lowest BCUT2D eigenvalue weighted by molar-refractivity contribution is -0.123. The molecule has 0 saturated heterocycles. The molecule has 0 fully saturated rings. The van der Waals surface area contributed by atoms with E-state index in [2.05, 4.69) is 9.69 Å². The van der Waals surface area contributed by atoms with Gasteiger partial charge in [0.15, 0.2) is 17.2 Å². The first-order valence-corrected chi connectivity index (χ1v) is 12.4. The van der Waals surface area contributed by atoms with Crippen LogP contribution in [0.4, 0.5) is 11.4 Å². The zero-order valence-corrected chi connectivity index (χ0v) is 21.8. The molecule has 0 bridgehead atoms. The number of nitrogen functional groups attached to an aromatic ring is 1. The summed E-state index contributed by atoms with van der Waals surface area (Å²) >= 11 is 0.750. The van der Waals surface area contributed by atoms with Gasteiger partial charge in [-0.15, -0.1) is 0 Å². The van der Waals surface area contributed by atoms with Gasteiger partial charge in [0.25, 0.3) is 11.8 Å². The lowest BCUT2D eigenvalue weighted by Crippen LogP contribution is -2.49. The van der Waals surface area contributed by atoms with E-state index in [0.717, 1.165) is 17.1 Å². The van der Waals surface area contributed by atoms with Gasteiger partial charge in [-0.25, -0.2) is 0 Å². The quantitative estimate of drug-likeness (QED) is 0.449. The molecule has 10 nitrogen and oxygen atoms in total. The minimum Gasteiger partial charge on any atom is -0.486 e. The zero-order valence-electron chi connectivity index (χ0n) is 21.0. The second-order valence-electron chi connectivity index (χ2n) is 9.69. The molecule has 1 atom stereocenters. The first-order valence-electron chi connectivity index (χ1n) is 11.6. The van der Waals surface area contributed by atoms with E-state index in [9.17, 15) is 14.4 Å².